The lowest BCUT2D eigenvalue weighted by atomic mass is 10.1. The average Bonchev–Trinajstić information content (AvgIpc) is 3.17. The Morgan fingerprint density at radius 1 is 1.55 bits per heavy atom. The largest absolute Gasteiger partial charge is 0.363 e. The average molecular weight is 323 g/mol. The molecule has 0 saturated carbocycles. The Morgan fingerprint density at radius 3 is 3.14 bits per heavy atom. The van der Waals surface area contributed by atoms with E-state index in [2.05, 4.69) is 32.6 Å². The van der Waals surface area contributed by atoms with Gasteiger partial charge in [-0.15, -0.1) is 11.3 Å². The Bertz CT molecular complexity index is 492. The normalized spacial score (nSPS) is 28.2. The number of fused-ring (bicyclic) bond motifs is 1. The molecule has 2 saturated heterocycles. The number of likely N-dealkylation sites (N-methyl/N-ethyl adjacent to an activating group) is 1. The maximum absolute atomic E-state index is 12.2. The fraction of sp³-hybridized carbons (Fsp3) is 0.688. The SMILES string of the molecule is CN(C)CCNC(=O)[C@@H]1C[C@@H]2[C@@H](CCN2Cc2cccs2)O1. The maximum Gasteiger partial charge on any atom is 0.249 e. The van der Waals surface area contributed by atoms with Gasteiger partial charge in [-0.3, -0.25) is 9.69 Å². The van der Waals surface area contributed by atoms with Gasteiger partial charge in [-0.25, -0.2) is 0 Å². The number of thiophene rings is 1. The summed E-state index contributed by atoms with van der Waals surface area (Å²) in [6, 6.07) is 4.67. The van der Waals surface area contributed by atoms with Gasteiger partial charge in [-0.1, -0.05) is 6.07 Å². The molecule has 0 aromatic carbocycles. The van der Waals surface area contributed by atoms with Crippen LogP contribution in [-0.4, -0.2) is 67.7 Å². The van der Waals surface area contributed by atoms with Crippen molar-refractivity contribution in [3.05, 3.63) is 22.4 Å². The molecule has 22 heavy (non-hydrogen) atoms. The van der Waals surface area contributed by atoms with Gasteiger partial charge in [0.2, 0.25) is 5.91 Å². The van der Waals surface area contributed by atoms with Crippen LogP contribution < -0.4 is 5.32 Å². The third-order valence-electron chi connectivity index (χ3n) is 4.48. The molecule has 0 spiro atoms. The highest BCUT2D eigenvalue weighted by Gasteiger charge is 2.45. The molecule has 5 nitrogen and oxygen atoms in total. The molecule has 3 heterocycles. The molecule has 3 atom stereocenters. The van der Waals surface area contributed by atoms with Crippen LogP contribution >= 0.6 is 11.3 Å². The molecule has 1 aromatic heterocycles. The molecule has 6 heteroatoms. The van der Waals surface area contributed by atoms with Crippen molar-refractivity contribution in [2.45, 2.75) is 37.6 Å². The summed E-state index contributed by atoms with van der Waals surface area (Å²) in [5.41, 5.74) is 0. The van der Waals surface area contributed by atoms with Gasteiger partial charge in [-0.05, 0) is 32.0 Å². The van der Waals surface area contributed by atoms with Gasteiger partial charge in [0, 0.05) is 43.5 Å². The number of amides is 1. The molecular weight excluding hydrogens is 298 g/mol. The van der Waals surface area contributed by atoms with Crippen LogP contribution in [0.4, 0.5) is 0 Å². The van der Waals surface area contributed by atoms with Crippen LogP contribution in [-0.2, 0) is 16.1 Å². The second-order valence-corrected chi connectivity index (χ2v) is 7.43. The van der Waals surface area contributed by atoms with Gasteiger partial charge in [-0.2, -0.15) is 0 Å². The number of carbonyl (C=O) groups excluding carboxylic acids is 1. The summed E-state index contributed by atoms with van der Waals surface area (Å²) < 4.78 is 5.99. The van der Waals surface area contributed by atoms with Crippen molar-refractivity contribution in [1.29, 1.82) is 0 Å². The standard InChI is InChI=1S/C16H25N3O2S/c1-18(2)8-6-17-16(20)15-10-13-14(21-15)5-7-19(13)11-12-4-3-9-22-12/h3-4,9,13-15H,5-8,10-11H2,1-2H3,(H,17,20)/t13-,14-,15+/m1/s1. The zero-order valence-electron chi connectivity index (χ0n) is 13.3. The van der Waals surface area contributed by atoms with Gasteiger partial charge in [0.15, 0.2) is 0 Å². The van der Waals surface area contributed by atoms with Crippen LogP contribution in [0.3, 0.4) is 0 Å². The minimum atomic E-state index is -0.275. The first-order valence-electron chi connectivity index (χ1n) is 7.98. The second kappa shape index (κ2) is 7.08. The van der Waals surface area contributed by atoms with E-state index in [0.717, 1.165) is 32.5 Å². The van der Waals surface area contributed by atoms with Crippen molar-refractivity contribution in [1.82, 2.24) is 15.1 Å². The van der Waals surface area contributed by atoms with Crippen molar-refractivity contribution in [2.24, 2.45) is 0 Å². The van der Waals surface area contributed by atoms with Crippen LogP contribution in [0.1, 0.15) is 17.7 Å². The highest BCUT2D eigenvalue weighted by atomic mass is 32.1. The first-order valence-corrected chi connectivity index (χ1v) is 8.86. The Kier molecular flexibility index (Phi) is 5.13. The smallest absolute Gasteiger partial charge is 0.249 e. The molecule has 1 aromatic rings. The first kappa shape index (κ1) is 15.9. The number of rotatable bonds is 6. The predicted molar refractivity (Wildman–Crippen MR) is 88.0 cm³/mol. The Morgan fingerprint density at radius 2 is 2.41 bits per heavy atom. The summed E-state index contributed by atoms with van der Waals surface area (Å²) in [7, 11) is 4.01. The molecule has 1 amide bonds. The molecule has 2 aliphatic heterocycles. The lowest BCUT2D eigenvalue weighted by Gasteiger charge is -2.21. The topological polar surface area (TPSA) is 44.8 Å². The number of likely N-dealkylation sites (tertiary alicyclic amines) is 1. The molecule has 1 N–H and O–H groups in total. The summed E-state index contributed by atoms with van der Waals surface area (Å²) in [5.74, 6) is 0.0484. The van der Waals surface area contributed by atoms with Gasteiger partial charge in [0.25, 0.3) is 0 Å². The summed E-state index contributed by atoms with van der Waals surface area (Å²) in [6.45, 7) is 3.59. The molecule has 2 aliphatic rings. The highest BCUT2D eigenvalue weighted by molar-refractivity contribution is 7.09. The van der Waals surface area contributed by atoms with Crippen LogP contribution in [0.15, 0.2) is 17.5 Å². The zero-order valence-corrected chi connectivity index (χ0v) is 14.1. The molecular formula is C16H25N3O2S. The van der Waals surface area contributed by atoms with E-state index in [1.165, 1.54) is 4.88 Å². The number of hydrogen-bond acceptors (Lipinski definition) is 5. The fourth-order valence-electron chi connectivity index (χ4n) is 3.32. The van der Waals surface area contributed by atoms with E-state index in [1.54, 1.807) is 11.3 Å². The third kappa shape index (κ3) is 3.68. The van der Waals surface area contributed by atoms with Crippen LogP contribution in [0.25, 0.3) is 0 Å². The summed E-state index contributed by atoms with van der Waals surface area (Å²) in [5, 5.41) is 5.10. The van der Waals surface area contributed by atoms with Crippen molar-refractivity contribution in [3.63, 3.8) is 0 Å². The lowest BCUT2D eigenvalue weighted by Crippen LogP contribution is -2.39. The summed E-state index contributed by atoms with van der Waals surface area (Å²) in [4.78, 5) is 18.1. The van der Waals surface area contributed by atoms with Crippen LogP contribution in [0.5, 0.6) is 0 Å². The third-order valence-corrected chi connectivity index (χ3v) is 5.34. The Hall–Kier alpha value is -0.950. The maximum atomic E-state index is 12.2. The zero-order chi connectivity index (χ0) is 15.5. The second-order valence-electron chi connectivity index (χ2n) is 6.40. The summed E-state index contributed by atoms with van der Waals surface area (Å²) >= 11 is 1.80. The summed E-state index contributed by atoms with van der Waals surface area (Å²) in [6.07, 6.45) is 1.81. The molecule has 0 aliphatic carbocycles. The van der Waals surface area contributed by atoms with Crippen molar-refractivity contribution < 1.29 is 9.53 Å². The molecule has 0 radical (unpaired) electrons. The lowest BCUT2D eigenvalue weighted by molar-refractivity contribution is -0.132. The first-order chi connectivity index (χ1) is 10.6. The van der Waals surface area contributed by atoms with E-state index >= 15 is 0 Å². The quantitative estimate of drug-likeness (QED) is 0.853. The van der Waals surface area contributed by atoms with Crippen LogP contribution in [0.2, 0.25) is 0 Å². The van der Waals surface area contributed by atoms with E-state index < -0.39 is 0 Å². The van der Waals surface area contributed by atoms with E-state index in [9.17, 15) is 4.79 Å². The number of ether oxygens (including phenoxy) is 1. The molecule has 3 rings (SSSR count). The number of hydrogen-bond donors (Lipinski definition) is 1. The Balaban J connectivity index is 1.49. The van der Waals surface area contributed by atoms with Gasteiger partial charge >= 0.3 is 0 Å². The van der Waals surface area contributed by atoms with Crippen molar-refractivity contribution in [3.8, 4) is 0 Å². The number of nitrogens with zero attached hydrogens (tertiary/aromatic N) is 2. The van der Waals surface area contributed by atoms with Gasteiger partial charge < -0.3 is 15.0 Å². The van der Waals surface area contributed by atoms with Gasteiger partial charge in [0.05, 0.1) is 6.10 Å². The highest BCUT2D eigenvalue weighted by Crippen LogP contribution is 2.34. The minimum Gasteiger partial charge on any atom is -0.363 e. The molecule has 2 fully saturated rings. The monoisotopic (exact) mass is 323 g/mol. The van der Waals surface area contributed by atoms with Gasteiger partial charge in [0.1, 0.15) is 6.10 Å². The molecule has 0 unspecified atom stereocenters. The van der Waals surface area contributed by atoms with E-state index in [4.69, 9.17) is 4.74 Å². The van der Waals surface area contributed by atoms with Crippen LogP contribution in [0, 0.1) is 0 Å². The Labute approximate surface area is 136 Å². The minimum absolute atomic E-state index is 0.0484. The fourth-order valence-corrected chi connectivity index (χ4v) is 4.05. The van der Waals surface area contributed by atoms with Crippen molar-refractivity contribution in [2.75, 3.05) is 33.7 Å². The molecule has 0 bridgehead atoms. The van der Waals surface area contributed by atoms with Crippen molar-refractivity contribution >= 4 is 17.2 Å². The predicted octanol–water partition coefficient (Wildman–Crippen LogP) is 1.16. The number of carbonyl (C=O) groups is 1. The number of nitrogens with one attached hydrogen (secondary N) is 1. The van der Waals surface area contributed by atoms with E-state index in [-0.39, 0.29) is 18.1 Å². The van der Waals surface area contributed by atoms with E-state index in [1.807, 2.05) is 14.1 Å². The van der Waals surface area contributed by atoms with E-state index in [0.29, 0.717) is 12.6 Å². The molecule has 122 valence electrons.